The van der Waals surface area contributed by atoms with E-state index in [4.69, 9.17) is 21.8 Å². The molecule has 1 aromatic heterocycles. The predicted octanol–water partition coefficient (Wildman–Crippen LogP) is 3.09. The number of rotatable bonds is 2. The van der Waals surface area contributed by atoms with Crippen molar-refractivity contribution < 1.29 is 9.21 Å². The van der Waals surface area contributed by atoms with E-state index in [0.29, 0.717) is 28.0 Å². The molecule has 0 spiro atoms. The topological polar surface area (TPSA) is 81.2 Å². The van der Waals surface area contributed by atoms with Crippen molar-refractivity contribution in [2.24, 2.45) is 0 Å². The van der Waals surface area contributed by atoms with Crippen molar-refractivity contribution in [1.29, 1.82) is 0 Å². The zero-order valence-corrected chi connectivity index (χ0v) is 11.6. The van der Waals surface area contributed by atoms with Crippen LogP contribution in [0.25, 0.3) is 0 Å². The molecular weight excluding hydrogens is 266 g/mol. The highest BCUT2D eigenvalue weighted by Crippen LogP contribution is 2.27. The number of benzene rings is 1. The van der Waals surface area contributed by atoms with E-state index in [1.54, 1.807) is 26.0 Å². The van der Waals surface area contributed by atoms with E-state index in [2.05, 4.69) is 10.3 Å². The quantitative estimate of drug-likeness (QED) is 0.828. The fourth-order valence-electron chi connectivity index (χ4n) is 1.76. The van der Waals surface area contributed by atoms with Crippen LogP contribution in [-0.2, 0) is 0 Å². The SMILES string of the molecule is Cc1nc(C)c(C(=O)Nc2cc(Cl)c(N)cc2C)o1. The van der Waals surface area contributed by atoms with Crippen LogP contribution in [-0.4, -0.2) is 10.9 Å². The highest BCUT2D eigenvalue weighted by atomic mass is 35.5. The number of amides is 1. The van der Waals surface area contributed by atoms with E-state index < -0.39 is 0 Å². The molecule has 6 heteroatoms. The van der Waals surface area contributed by atoms with Crippen LogP contribution in [0.4, 0.5) is 11.4 Å². The van der Waals surface area contributed by atoms with Gasteiger partial charge in [0.25, 0.3) is 5.91 Å². The molecule has 0 aliphatic rings. The Kier molecular flexibility index (Phi) is 3.48. The molecule has 0 saturated carbocycles. The molecule has 1 heterocycles. The number of aryl methyl sites for hydroxylation is 3. The van der Waals surface area contributed by atoms with Crippen LogP contribution >= 0.6 is 11.6 Å². The summed E-state index contributed by atoms with van der Waals surface area (Å²) < 4.78 is 5.26. The molecule has 2 aromatic rings. The summed E-state index contributed by atoms with van der Waals surface area (Å²) in [5.41, 5.74) is 8.13. The number of hydrogen-bond donors (Lipinski definition) is 2. The van der Waals surface area contributed by atoms with Crippen molar-refractivity contribution in [2.45, 2.75) is 20.8 Å². The Labute approximate surface area is 115 Å². The van der Waals surface area contributed by atoms with Crippen molar-refractivity contribution in [3.05, 3.63) is 40.1 Å². The smallest absolute Gasteiger partial charge is 0.293 e. The molecule has 5 nitrogen and oxygen atoms in total. The lowest BCUT2D eigenvalue weighted by atomic mass is 10.1. The Morgan fingerprint density at radius 3 is 2.63 bits per heavy atom. The molecule has 0 atom stereocenters. The zero-order chi connectivity index (χ0) is 14.2. The minimum Gasteiger partial charge on any atom is -0.436 e. The van der Waals surface area contributed by atoms with Gasteiger partial charge in [-0.15, -0.1) is 0 Å². The Balaban J connectivity index is 2.29. The summed E-state index contributed by atoms with van der Waals surface area (Å²) in [7, 11) is 0. The number of nitrogen functional groups attached to an aromatic ring is 1. The van der Waals surface area contributed by atoms with Gasteiger partial charge in [-0.1, -0.05) is 11.6 Å². The summed E-state index contributed by atoms with van der Waals surface area (Å²) in [6, 6.07) is 3.32. The van der Waals surface area contributed by atoms with Crippen LogP contribution in [0.15, 0.2) is 16.5 Å². The molecule has 0 aliphatic carbocycles. The van der Waals surface area contributed by atoms with Gasteiger partial charge in [-0.05, 0) is 31.5 Å². The Bertz CT molecular complexity index is 650. The first kappa shape index (κ1) is 13.4. The maximum absolute atomic E-state index is 12.1. The van der Waals surface area contributed by atoms with Crippen LogP contribution in [0.1, 0.15) is 27.7 Å². The van der Waals surface area contributed by atoms with Gasteiger partial charge in [-0.2, -0.15) is 0 Å². The van der Waals surface area contributed by atoms with Crippen molar-refractivity contribution in [3.63, 3.8) is 0 Å². The number of nitrogens with one attached hydrogen (secondary N) is 1. The fourth-order valence-corrected chi connectivity index (χ4v) is 1.92. The van der Waals surface area contributed by atoms with Crippen LogP contribution in [0.2, 0.25) is 5.02 Å². The van der Waals surface area contributed by atoms with Crippen molar-refractivity contribution in [3.8, 4) is 0 Å². The Morgan fingerprint density at radius 1 is 1.37 bits per heavy atom. The number of nitrogens with zero attached hydrogens (tertiary/aromatic N) is 1. The highest BCUT2D eigenvalue weighted by Gasteiger charge is 2.17. The summed E-state index contributed by atoms with van der Waals surface area (Å²) in [5.74, 6) is 0.293. The molecular formula is C13H14ClN3O2. The highest BCUT2D eigenvalue weighted by molar-refractivity contribution is 6.33. The van der Waals surface area contributed by atoms with E-state index in [1.165, 1.54) is 0 Å². The van der Waals surface area contributed by atoms with Crippen LogP contribution < -0.4 is 11.1 Å². The van der Waals surface area contributed by atoms with E-state index in [0.717, 1.165) is 5.56 Å². The summed E-state index contributed by atoms with van der Waals surface area (Å²) in [6.07, 6.45) is 0. The van der Waals surface area contributed by atoms with E-state index in [-0.39, 0.29) is 11.7 Å². The molecule has 1 aromatic carbocycles. The van der Waals surface area contributed by atoms with Crippen LogP contribution in [0.3, 0.4) is 0 Å². The summed E-state index contributed by atoms with van der Waals surface area (Å²) in [6.45, 7) is 5.24. The number of anilines is 2. The molecule has 3 N–H and O–H groups in total. The first-order valence-electron chi connectivity index (χ1n) is 5.69. The third kappa shape index (κ3) is 2.71. The molecule has 0 aliphatic heterocycles. The standard InChI is InChI=1S/C13H14ClN3O2/c1-6-4-10(15)9(14)5-11(6)17-13(18)12-7(2)16-8(3)19-12/h4-5H,15H2,1-3H3,(H,17,18). The van der Waals surface area contributed by atoms with Gasteiger partial charge in [0.05, 0.1) is 16.4 Å². The van der Waals surface area contributed by atoms with E-state index >= 15 is 0 Å². The van der Waals surface area contributed by atoms with Crippen molar-refractivity contribution in [1.82, 2.24) is 4.98 Å². The predicted molar refractivity (Wildman–Crippen MR) is 74.5 cm³/mol. The fraction of sp³-hybridized carbons (Fsp3) is 0.231. The Hall–Kier alpha value is -2.01. The van der Waals surface area contributed by atoms with Crippen molar-refractivity contribution >= 4 is 28.9 Å². The average molecular weight is 280 g/mol. The van der Waals surface area contributed by atoms with Gasteiger partial charge < -0.3 is 15.5 Å². The summed E-state index contributed by atoms with van der Waals surface area (Å²) in [4.78, 5) is 16.1. The molecule has 0 bridgehead atoms. The largest absolute Gasteiger partial charge is 0.436 e. The number of carbonyl (C=O) groups is 1. The number of aromatic nitrogens is 1. The molecule has 19 heavy (non-hydrogen) atoms. The monoisotopic (exact) mass is 279 g/mol. The third-order valence-corrected chi connectivity index (χ3v) is 3.03. The number of hydrogen-bond acceptors (Lipinski definition) is 4. The minimum absolute atomic E-state index is 0.199. The van der Waals surface area contributed by atoms with Gasteiger partial charge >= 0.3 is 0 Å². The van der Waals surface area contributed by atoms with Crippen LogP contribution in [0.5, 0.6) is 0 Å². The van der Waals surface area contributed by atoms with Gasteiger partial charge in [0.1, 0.15) is 0 Å². The summed E-state index contributed by atoms with van der Waals surface area (Å²) >= 11 is 5.94. The molecule has 0 saturated heterocycles. The Morgan fingerprint density at radius 2 is 2.05 bits per heavy atom. The maximum Gasteiger partial charge on any atom is 0.293 e. The number of halogens is 1. The van der Waals surface area contributed by atoms with Gasteiger partial charge in [0.15, 0.2) is 5.89 Å². The van der Waals surface area contributed by atoms with E-state index in [1.807, 2.05) is 6.92 Å². The lowest BCUT2D eigenvalue weighted by Crippen LogP contribution is -2.13. The molecule has 1 amide bonds. The van der Waals surface area contributed by atoms with E-state index in [9.17, 15) is 4.79 Å². The third-order valence-electron chi connectivity index (χ3n) is 2.70. The van der Waals surface area contributed by atoms with Gasteiger partial charge in [0.2, 0.25) is 5.76 Å². The summed E-state index contributed by atoms with van der Waals surface area (Å²) in [5, 5.41) is 3.13. The number of carbonyl (C=O) groups excluding carboxylic acids is 1. The second kappa shape index (κ2) is 4.93. The van der Waals surface area contributed by atoms with Gasteiger partial charge in [0, 0.05) is 12.6 Å². The number of nitrogens with two attached hydrogens (primary N) is 1. The lowest BCUT2D eigenvalue weighted by Gasteiger charge is -2.09. The molecule has 0 radical (unpaired) electrons. The maximum atomic E-state index is 12.1. The normalized spacial score (nSPS) is 10.5. The second-order valence-electron chi connectivity index (χ2n) is 4.29. The lowest BCUT2D eigenvalue weighted by molar-refractivity contribution is 0.0994. The second-order valence-corrected chi connectivity index (χ2v) is 4.70. The first-order valence-corrected chi connectivity index (χ1v) is 6.07. The van der Waals surface area contributed by atoms with Crippen LogP contribution in [0, 0.1) is 20.8 Å². The molecule has 2 rings (SSSR count). The average Bonchev–Trinajstić information content (AvgIpc) is 2.65. The van der Waals surface area contributed by atoms with Gasteiger partial charge in [-0.3, -0.25) is 4.79 Å². The number of oxazole rings is 1. The molecule has 0 fully saturated rings. The first-order chi connectivity index (χ1) is 8.88. The molecule has 0 unspecified atom stereocenters. The van der Waals surface area contributed by atoms with Crippen molar-refractivity contribution in [2.75, 3.05) is 11.1 Å². The zero-order valence-electron chi connectivity index (χ0n) is 10.9. The molecule has 100 valence electrons. The minimum atomic E-state index is -0.359. The van der Waals surface area contributed by atoms with Gasteiger partial charge in [-0.25, -0.2) is 4.98 Å².